The molecule has 0 saturated heterocycles. The molecular formula is C17H26BrNO. The number of nitrogens with one attached hydrogen (secondary N) is 1. The van der Waals surface area contributed by atoms with E-state index >= 15 is 0 Å². The molecule has 20 heavy (non-hydrogen) atoms. The summed E-state index contributed by atoms with van der Waals surface area (Å²) in [6.07, 6.45) is 0.946. The van der Waals surface area contributed by atoms with Crippen molar-refractivity contribution in [2.75, 3.05) is 5.33 Å². The summed E-state index contributed by atoms with van der Waals surface area (Å²) in [6.45, 7) is 10.7. The third-order valence-electron chi connectivity index (χ3n) is 3.52. The number of benzene rings is 1. The third kappa shape index (κ3) is 4.62. The zero-order chi connectivity index (χ0) is 15.3. The second-order valence-corrected chi connectivity index (χ2v) is 7.39. The Labute approximate surface area is 131 Å². The van der Waals surface area contributed by atoms with Crippen molar-refractivity contribution in [1.29, 1.82) is 0 Å². The van der Waals surface area contributed by atoms with Crippen LogP contribution in [0.4, 0.5) is 0 Å². The summed E-state index contributed by atoms with van der Waals surface area (Å²) >= 11 is 3.46. The summed E-state index contributed by atoms with van der Waals surface area (Å²) in [4.78, 5) is 12.6. The first kappa shape index (κ1) is 17.2. The molecule has 112 valence electrons. The summed E-state index contributed by atoms with van der Waals surface area (Å²) in [6, 6.07) is 8.09. The molecule has 1 rings (SSSR count). The van der Waals surface area contributed by atoms with Crippen LogP contribution >= 0.6 is 15.9 Å². The van der Waals surface area contributed by atoms with Gasteiger partial charge < -0.3 is 5.32 Å². The molecule has 3 heteroatoms. The Bertz CT molecular complexity index is 449. The largest absolute Gasteiger partial charge is 0.349 e. The Morgan fingerprint density at radius 2 is 1.85 bits per heavy atom. The van der Waals surface area contributed by atoms with E-state index in [9.17, 15) is 4.79 Å². The Kier molecular flexibility index (Phi) is 6.25. The topological polar surface area (TPSA) is 29.1 Å². The smallest absolute Gasteiger partial charge is 0.251 e. The lowest BCUT2D eigenvalue weighted by Gasteiger charge is -2.25. The van der Waals surface area contributed by atoms with Crippen molar-refractivity contribution in [2.45, 2.75) is 52.5 Å². The fourth-order valence-electron chi connectivity index (χ4n) is 2.27. The average Bonchev–Trinajstić information content (AvgIpc) is 2.37. The molecule has 1 atom stereocenters. The van der Waals surface area contributed by atoms with Crippen molar-refractivity contribution >= 4 is 21.8 Å². The molecular weight excluding hydrogens is 314 g/mol. The van der Waals surface area contributed by atoms with E-state index in [-0.39, 0.29) is 17.4 Å². The average molecular weight is 340 g/mol. The van der Waals surface area contributed by atoms with Crippen molar-refractivity contribution < 1.29 is 4.79 Å². The summed E-state index contributed by atoms with van der Waals surface area (Å²) in [7, 11) is 0. The number of carbonyl (C=O) groups is 1. The van der Waals surface area contributed by atoms with Crippen molar-refractivity contribution in [3.63, 3.8) is 0 Å². The van der Waals surface area contributed by atoms with Crippen LogP contribution in [0.1, 0.15) is 57.0 Å². The van der Waals surface area contributed by atoms with E-state index in [1.54, 1.807) is 0 Å². The van der Waals surface area contributed by atoms with E-state index in [0.29, 0.717) is 5.92 Å². The molecule has 0 aliphatic heterocycles. The van der Waals surface area contributed by atoms with Gasteiger partial charge in [-0.05, 0) is 29.4 Å². The van der Waals surface area contributed by atoms with Gasteiger partial charge in [0.1, 0.15) is 0 Å². The van der Waals surface area contributed by atoms with Gasteiger partial charge in [-0.3, -0.25) is 4.79 Å². The molecule has 1 N–H and O–H groups in total. The van der Waals surface area contributed by atoms with Crippen molar-refractivity contribution in [3.05, 3.63) is 35.4 Å². The summed E-state index contributed by atoms with van der Waals surface area (Å²) in [5.41, 5.74) is 1.86. The zero-order valence-electron chi connectivity index (χ0n) is 13.2. The van der Waals surface area contributed by atoms with Gasteiger partial charge in [0, 0.05) is 16.9 Å². The Morgan fingerprint density at radius 3 is 2.35 bits per heavy atom. The highest BCUT2D eigenvalue weighted by atomic mass is 79.9. The minimum Gasteiger partial charge on any atom is -0.349 e. The van der Waals surface area contributed by atoms with Crippen LogP contribution < -0.4 is 5.32 Å². The molecule has 0 aromatic heterocycles. The summed E-state index contributed by atoms with van der Waals surface area (Å²) in [5, 5.41) is 4.08. The Balaban J connectivity index is 2.98. The van der Waals surface area contributed by atoms with Gasteiger partial charge >= 0.3 is 0 Å². The standard InChI is InChI=1S/C17H26BrNO/c1-12(2)15(10-11-18)19-16(20)13-8-6-7-9-14(13)17(3,4)5/h6-9,12,15H,10-11H2,1-5H3,(H,19,20). The lowest BCUT2D eigenvalue weighted by atomic mass is 9.83. The summed E-state index contributed by atoms with van der Waals surface area (Å²) in [5.74, 6) is 0.466. The lowest BCUT2D eigenvalue weighted by Crippen LogP contribution is -2.39. The van der Waals surface area contributed by atoms with Gasteiger partial charge in [0.05, 0.1) is 0 Å². The quantitative estimate of drug-likeness (QED) is 0.785. The highest BCUT2D eigenvalue weighted by Gasteiger charge is 2.23. The maximum Gasteiger partial charge on any atom is 0.251 e. The molecule has 0 fully saturated rings. The normalized spacial score (nSPS) is 13.3. The SMILES string of the molecule is CC(C)C(CCBr)NC(=O)c1ccccc1C(C)(C)C. The second kappa shape index (κ2) is 7.26. The predicted molar refractivity (Wildman–Crippen MR) is 89.6 cm³/mol. The molecule has 0 spiro atoms. The van der Waals surface area contributed by atoms with E-state index in [1.165, 1.54) is 0 Å². The van der Waals surface area contributed by atoms with E-state index in [4.69, 9.17) is 0 Å². The van der Waals surface area contributed by atoms with Crippen LogP contribution in [0.25, 0.3) is 0 Å². The Morgan fingerprint density at radius 1 is 1.25 bits per heavy atom. The van der Waals surface area contributed by atoms with Gasteiger partial charge in [-0.15, -0.1) is 0 Å². The molecule has 0 heterocycles. The number of hydrogen-bond donors (Lipinski definition) is 1. The molecule has 0 radical (unpaired) electrons. The first-order valence-corrected chi connectivity index (χ1v) is 8.36. The fraction of sp³-hybridized carbons (Fsp3) is 0.588. The molecule has 0 saturated carbocycles. The molecule has 1 unspecified atom stereocenters. The Hall–Kier alpha value is -0.830. The zero-order valence-corrected chi connectivity index (χ0v) is 14.8. The molecule has 0 bridgehead atoms. The van der Waals surface area contributed by atoms with Crippen LogP contribution in [-0.2, 0) is 5.41 Å². The number of carbonyl (C=O) groups excluding carboxylic acids is 1. The van der Waals surface area contributed by atoms with Crippen molar-refractivity contribution in [1.82, 2.24) is 5.32 Å². The minimum absolute atomic E-state index is 0.0311. The van der Waals surface area contributed by atoms with E-state index in [2.05, 4.69) is 55.9 Å². The molecule has 2 nitrogen and oxygen atoms in total. The fourth-order valence-corrected chi connectivity index (χ4v) is 2.76. The van der Waals surface area contributed by atoms with Gasteiger partial charge in [0.25, 0.3) is 5.91 Å². The van der Waals surface area contributed by atoms with Gasteiger partial charge in [0.15, 0.2) is 0 Å². The van der Waals surface area contributed by atoms with Crippen LogP contribution in [0, 0.1) is 5.92 Å². The first-order chi connectivity index (χ1) is 9.27. The minimum atomic E-state index is -0.0311. The van der Waals surface area contributed by atoms with Gasteiger partial charge in [-0.25, -0.2) is 0 Å². The monoisotopic (exact) mass is 339 g/mol. The highest BCUT2D eigenvalue weighted by Crippen LogP contribution is 2.26. The highest BCUT2D eigenvalue weighted by molar-refractivity contribution is 9.09. The van der Waals surface area contributed by atoms with E-state index in [0.717, 1.165) is 22.9 Å². The van der Waals surface area contributed by atoms with Crippen LogP contribution in [-0.4, -0.2) is 17.3 Å². The van der Waals surface area contributed by atoms with Crippen molar-refractivity contribution in [3.8, 4) is 0 Å². The van der Waals surface area contributed by atoms with Crippen LogP contribution in [0.15, 0.2) is 24.3 Å². The number of hydrogen-bond acceptors (Lipinski definition) is 1. The number of amides is 1. The molecule has 1 amide bonds. The maximum atomic E-state index is 12.6. The number of halogens is 1. The lowest BCUT2D eigenvalue weighted by molar-refractivity contribution is 0.0923. The molecule has 1 aromatic rings. The maximum absolute atomic E-state index is 12.6. The van der Waals surface area contributed by atoms with Crippen LogP contribution in [0.2, 0.25) is 0 Å². The van der Waals surface area contributed by atoms with E-state index in [1.807, 2.05) is 24.3 Å². The second-order valence-electron chi connectivity index (χ2n) is 6.60. The molecule has 1 aromatic carbocycles. The van der Waals surface area contributed by atoms with Gasteiger partial charge in [-0.2, -0.15) is 0 Å². The summed E-state index contributed by atoms with van der Waals surface area (Å²) < 4.78 is 0. The van der Waals surface area contributed by atoms with Crippen LogP contribution in [0.3, 0.4) is 0 Å². The first-order valence-electron chi connectivity index (χ1n) is 7.23. The van der Waals surface area contributed by atoms with Crippen molar-refractivity contribution in [2.24, 2.45) is 5.92 Å². The number of alkyl halides is 1. The van der Waals surface area contributed by atoms with E-state index < -0.39 is 0 Å². The third-order valence-corrected chi connectivity index (χ3v) is 3.98. The van der Waals surface area contributed by atoms with Gasteiger partial charge in [0.2, 0.25) is 0 Å². The number of rotatable bonds is 5. The molecule has 0 aliphatic carbocycles. The van der Waals surface area contributed by atoms with Crippen LogP contribution in [0.5, 0.6) is 0 Å². The predicted octanol–water partition coefficient (Wildman–Crippen LogP) is 4.52. The molecule has 0 aliphatic rings. The van der Waals surface area contributed by atoms with Gasteiger partial charge in [-0.1, -0.05) is 68.7 Å².